The Bertz CT molecular complexity index is 1540. The van der Waals surface area contributed by atoms with Crippen molar-refractivity contribution in [2.75, 3.05) is 38.6 Å². The molecule has 1 spiro atoms. The van der Waals surface area contributed by atoms with E-state index in [4.69, 9.17) is 0 Å². The summed E-state index contributed by atoms with van der Waals surface area (Å²) in [5, 5.41) is 0.598. The van der Waals surface area contributed by atoms with Gasteiger partial charge in [-0.3, -0.25) is 24.4 Å². The van der Waals surface area contributed by atoms with E-state index in [-0.39, 0.29) is 11.5 Å². The highest BCUT2D eigenvalue weighted by atomic mass is 16.2. The van der Waals surface area contributed by atoms with E-state index in [0.29, 0.717) is 53.4 Å². The maximum atomic E-state index is 13.5. The predicted octanol–water partition coefficient (Wildman–Crippen LogP) is 2.18. The van der Waals surface area contributed by atoms with Gasteiger partial charge >= 0.3 is 0 Å². The molecule has 2 amide bonds. The van der Waals surface area contributed by atoms with E-state index in [1.807, 2.05) is 19.0 Å². The summed E-state index contributed by atoms with van der Waals surface area (Å²) in [6.07, 6.45) is 9.53. The zero-order valence-corrected chi connectivity index (χ0v) is 21.1. The van der Waals surface area contributed by atoms with E-state index in [2.05, 4.69) is 24.9 Å². The third kappa shape index (κ3) is 3.96. The number of nitrogens with one attached hydrogen (secondary N) is 1. The molecule has 0 aromatic carbocycles. The quantitative estimate of drug-likeness (QED) is 0.320. The van der Waals surface area contributed by atoms with Gasteiger partial charge in [-0.05, 0) is 31.0 Å². The number of amides is 2. The molecular formula is C27H26N8O3. The zero-order chi connectivity index (χ0) is 26.4. The van der Waals surface area contributed by atoms with Crippen molar-refractivity contribution in [3.63, 3.8) is 0 Å². The van der Waals surface area contributed by atoms with Crippen LogP contribution in [-0.2, 0) is 4.79 Å². The molecule has 11 nitrogen and oxygen atoms in total. The van der Waals surface area contributed by atoms with Gasteiger partial charge in [-0.25, -0.2) is 9.97 Å². The van der Waals surface area contributed by atoms with Gasteiger partial charge < -0.3 is 19.7 Å². The van der Waals surface area contributed by atoms with Crippen molar-refractivity contribution in [2.24, 2.45) is 0 Å². The number of pyridine rings is 2. The number of hydrogen-bond donors (Lipinski definition) is 1. The molecule has 1 saturated heterocycles. The Morgan fingerprint density at radius 3 is 2.50 bits per heavy atom. The molecule has 4 aromatic heterocycles. The van der Waals surface area contributed by atoms with Crippen LogP contribution >= 0.6 is 0 Å². The maximum absolute atomic E-state index is 13.5. The van der Waals surface area contributed by atoms with Crippen LogP contribution < -0.4 is 4.90 Å². The first-order chi connectivity index (χ1) is 18.4. The number of rotatable bonds is 5. The Kier molecular flexibility index (Phi) is 5.63. The summed E-state index contributed by atoms with van der Waals surface area (Å²) in [5.74, 6) is -0.585. The van der Waals surface area contributed by atoms with Gasteiger partial charge in [0.2, 0.25) is 0 Å². The Morgan fingerprint density at radius 2 is 1.82 bits per heavy atom. The summed E-state index contributed by atoms with van der Waals surface area (Å²) in [6, 6.07) is 6.94. The number of H-pyrrole nitrogens is 1. The lowest BCUT2D eigenvalue weighted by Gasteiger charge is -2.41. The van der Waals surface area contributed by atoms with Crippen LogP contribution in [0.1, 0.15) is 33.7 Å². The number of piperazine rings is 1. The molecule has 38 heavy (non-hydrogen) atoms. The monoisotopic (exact) mass is 510 g/mol. The number of fused-ring (bicyclic) bond motifs is 1. The summed E-state index contributed by atoms with van der Waals surface area (Å²) in [4.78, 5) is 65.8. The van der Waals surface area contributed by atoms with Crippen molar-refractivity contribution in [3.05, 3.63) is 66.5 Å². The number of nitrogens with zero attached hydrogens (tertiary/aromatic N) is 7. The molecule has 1 N–H and O–H groups in total. The van der Waals surface area contributed by atoms with Crippen LogP contribution in [-0.4, -0.2) is 91.6 Å². The molecule has 0 bridgehead atoms. The minimum atomic E-state index is -0.585. The Hall–Kier alpha value is -4.67. The molecule has 2 aliphatic rings. The largest absolute Gasteiger partial charge is 0.361 e. The van der Waals surface area contributed by atoms with Crippen LogP contribution in [0.5, 0.6) is 0 Å². The van der Waals surface area contributed by atoms with Crippen LogP contribution in [0.2, 0.25) is 0 Å². The number of hydrogen-bond acceptors (Lipinski definition) is 8. The van der Waals surface area contributed by atoms with Crippen molar-refractivity contribution in [3.8, 4) is 11.4 Å². The van der Waals surface area contributed by atoms with E-state index in [1.54, 1.807) is 65.0 Å². The van der Waals surface area contributed by atoms with E-state index in [1.165, 1.54) is 0 Å². The maximum Gasteiger partial charge on any atom is 0.295 e. The van der Waals surface area contributed by atoms with E-state index < -0.39 is 17.2 Å². The summed E-state index contributed by atoms with van der Waals surface area (Å²) < 4.78 is 0. The molecule has 0 atom stereocenters. The van der Waals surface area contributed by atoms with E-state index in [9.17, 15) is 14.4 Å². The van der Waals surface area contributed by atoms with Crippen molar-refractivity contribution >= 4 is 34.3 Å². The van der Waals surface area contributed by atoms with Gasteiger partial charge in [-0.2, -0.15) is 0 Å². The fraction of sp³-hybridized carbons (Fsp3) is 0.296. The molecule has 0 unspecified atom stereocenters. The second kappa shape index (κ2) is 9.02. The second-order valence-corrected chi connectivity index (χ2v) is 9.89. The molecule has 1 saturated carbocycles. The van der Waals surface area contributed by atoms with Gasteiger partial charge in [0.1, 0.15) is 22.9 Å². The number of ketones is 1. The normalized spacial score (nSPS) is 16.1. The van der Waals surface area contributed by atoms with Crippen LogP contribution in [0.3, 0.4) is 0 Å². The fourth-order valence-corrected chi connectivity index (χ4v) is 5.04. The topological polar surface area (TPSA) is 128 Å². The van der Waals surface area contributed by atoms with Gasteiger partial charge in [-0.1, -0.05) is 6.07 Å². The molecule has 0 radical (unpaired) electrons. The van der Waals surface area contributed by atoms with Gasteiger partial charge in [0, 0.05) is 57.7 Å². The average Bonchev–Trinajstić information content (AvgIpc) is 3.57. The molecule has 1 aliphatic carbocycles. The number of Topliss-reactive ketones (excluding diaryl/α,β-unsaturated/α-hetero) is 1. The summed E-state index contributed by atoms with van der Waals surface area (Å²) in [5.41, 5.74) is 1.88. The zero-order valence-electron chi connectivity index (χ0n) is 21.1. The number of carbonyl (C=O) groups excluding carboxylic acids is 3. The Balaban J connectivity index is 1.23. The highest BCUT2D eigenvalue weighted by Gasteiger charge is 2.55. The Morgan fingerprint density at radius 1 is 0.974 bits per heavy atom. The third-order valence-electron chi connectivity index (χ3n) is 7.27. The average molecular weight is 511 g/mol. The standard InChI is InChI=1S/C27H26N8O3/c1-33(2)21-15-30-20(14-31-21)23-22-17(6-10-29-23)18(13-32-22)24(36)26(38)35-12-11-34(16-27(35)7-8-27)25(37)19-5-3-4-9-28-19/h3-6,9-10,13-15,32H,7-8,11-12,16H2,1-2H3. The van der Waals surface area contributed by atoms with Crippen LogP contribution in [0.15, 0.2) is 55.2 Å². The molecule has 5 heterocycles. The van der Waals surface area contributed by atoms with Gasteiger partial charge in [0.25, 0.3) is 17.6 Å². The van der Waals surface area contributed by atoms with Gasteiger partial charge in [0.15, 0.2) is 0 Å². The third-order valence-corrected chi connectivity index (χ3v) is 7.27. The molecule has 1 aliphatic heterocycles. The minimum Gasteiger partial charge on any atom is -0.361 e. The van der Waals surface area contributed by atoms with Crippen molar-refractivity contribution in [1.82, 2.24) is 34.7 Å². The molecule has 2 fully saturated rings. The molecule has 6 rings (SSSR count). The van der Waals surface area contributed by atoms with E-state index >= 15 is 0 Å². The number of aromatic nitrogens is 5. The molecular weight excluding hydrogens is 484 g/mol. The molecule has 11 heteroatoms. The minimum absolute atomic E-state index is 0.159. The summed E-state index contributed by atoms with van der Waals surface area (Å²) >= 11 is 0. The molecule has 192 valence electrons. The summed E-state index contributed by atoms with van der Waals surface area (Å²) in [6.45, 7) is 1.04. The first-order valence-corrected chi connectivity index (χ1v) is 12.4. The SMILES string of the molecule is CN(C)c1cnc(-c2nccc3c(C(=O)C(=O)N4CCN(C(=O)c5ccccn5)CC45CC5)c[nH]c23)cn1. The molecule has 4 aromatic rings. The highest BCUT2D eigenvalue weighted by Crippen LogP contribution is 2.45. The Labute approximate surface area is 218 Å². The smallest absolute Gasteiger partial charge is 0.295 e. The van der Waals surface area contributed by atoms with Crippen LogP contribution in [0, 0.1) is 0 Å². The van der Waals surface area contributed by atoms with Crippen LogP contribution in [0.25, 0.3) is 22.3 Å². The van der Waals surface area contributed by atoms with Crippen molar-refractivity contribution in [1.29, 1.82) is 0 Å². The summed E-state index contributed by atoms with van der Waals surface area (Å²) in [7, 11) is 3.76. The first-order valence-electron chi connectivity index (χ1n) is 12.4. The predicted molar refractivity (Wildman–Crippen MR) is 140 cm³/mol. The number of carbonyl (C=O) groups is 3. The van der Waals surface area contributed by atoms with Gasteiger partial charge in [-0.15, -0.1) is 0 Å². The number of aromatic amines is 1. The lowest BCUT2D eigenvalue weighted by molar-refractivity contribution is -0.131. The lowest BCUT2D eigenvalue weighted by Crippen LogP contribution is -2.59. The first kappa shape index (κ1) is 23.7. The highest BCUT2D eigenvalue weighted by molar-refractivity contribution is 6.45. The fourth-order valence-electron chi connectivity index (χ4n) is 5.04. The number of anilines is 1. The van der Waals surface area contributed by atoms with Crippen LogP contribution in [0.4, 0.5) is 5.82 Å². The van der Waals surface area contributed by atoms with Gasteiger partial charge in [0.05, 0.1) is 29.0 Å². The van der Waals surface area contributed by atoms with Crippen molar-refractivity contribution < 1.29 is 14.4 Å². The van der Waals surface area contributed by atoms with Crippen molar-refractivity contribution in [2.45, 2.75) is 18.4 Å². The second-order valence-electron chi connectivity index (χ2n) is 9.89. The lowest BCUT2D eigenvalue weighted by atomic mass is 10.0. The van der Waals surface area contributed by atoms with E-state index in [0.717, 1.165) is 12.8 Å².